The standard InChI is InChI=1S/C7H15N5O/c1-6(5-13-3)12-7(4-8-2)9-10-11-12/h6,8H,4-5H2,1-3H3. The molecule has 0 saturated carbocycles. The van der Waals surface area contributed by atoms with Gasteiger partial charge in [0.05, 0.1) is 19.2 Å². The molecule has 1 atom stereocenters. The van der Waals surface area contributed by atoms with Crippen LogP contribution in [-0.2, 0) is 11.3 Å². The van der Waals surface area contributed by atoms with Gasteiger partial charge in [-0.2, -0.15) is 0 Å². The number of nitrogens with zero attached hydrogens (tertiary/aromatic N) is 4. The lowest BCUT2D eigenvalue weighted by Crippen LogP contribution is -2.19. The van der Waals surface area contributed by atoms with E-state index in [4.69, 9.17) is 4.74 Å². The lowest BCUT2D eigenvalue weighted by atomic mass is 10.3. The number of hydrogen-bond acceptors (Lipinski definition) is 5. The second-order valence-electron chi connectivity index (χ2n) is 2.87. The van der Waals surface area contributed by atoms with E-state index in [1.165, 1.54) is 0 Å². The summed E-state index contributed by atoms with van der Waals surface area (Å²) in [5, 5.41) is 14.4. The molecule has 1 heterocycles. The maximum atomic E-state index is 5.02. The van der Waals surface area contributed by atoms with Crippen molar-refractivity contribution in [1.82, 2.24) is 25.5 Å². The summed E-state index contributed by atoms with van der Waals surface area (Å²) in [5.41, 5.74) is 0. The average molecular weight is 185 g/mol. The number of rotatable bonds is 5. The molecule has 1 aromatic rings. The molecule has 0 spiro atoms. The number of hydrogen-bond donors (Lipinski definition) is 1. The molecule has 0 aliphatic rings. The number of methoxy groups -OCH3 is 1. The third kappa shape index (κ3) is 2.46. The summed E-state index contributed by atoms with van der Waals surface area (Å²) >= 11 is 0. The molecule has 1 aromatic heterocycles. The minimum Gasteiger partial charge on any atom is -0.382 e. The summed E-state index contributed by atoms with van der Waals surface area (Å²) in [6, 6.07) is 0.170. The van der Waals surface area contributed by atoms with Crippen molar-refractivity contribution in [3.05, 3.63) is 5.82 Å². The van der Waals surface area contributed by atoms with Gasteiger partial charge in [-0.25, -0.2) is 4.68 Å². The third-order valence-electron chi connectivity index (χ3n) is 1.72. The van der Waals surface area contributed by atoms with Crippen LogP contribution in [0, 0.1) is 0 Å². The molecule has 13 heavy (non-hydrogen) atoms. The quantitative estimate of drug-likeness (QED) is 0.676. The highest BCUT2D eigenvalue weighted by atomic mass is 16.5. The highest BCUT2D eigenvalue weighted by molar-refractivity contribution is 4.82. The molecule has 74 valence electrons. The summed E-state index contributed by atoms with van der Waals surface area (Å²) in [7, 11) is 3.53. The summed E-state index contributed by atoms with van der Waals surface area (Å²) in [4.78, 5) is 0. The zero-order valence-electron chi connectivity index (χ0n) is 8.19. The normalized spacial score (nSPS) is 13.2. The Labute approximate surface area is 77.3 Å². The largest absolute Gasteiger partial charge is 0.382 e. The molecule has 0 saturated heterocycles. The second-order valence-corrected chi connectivity index (χ2v) is 2.87. The number of ether oxygens (including phenoxy) is 1. The van der Waals surface area contributed by atoms with Gasteiger partial charge in [-0.05, 0) is 24.4 Å². The minimum atomic E-state index is 0.170. The van der Waals surface area contributed by atoms with Crippen LogP contribution in [0.4, 0.5) is 0 Å². The Kier molecular flexibility index (Phi) is 3.78. The lowest BCUT2D eigenvalue weighted by Gasteiger charge is -2.11. The van der Waals surface area contributed by atoms with E-state index < -0.39 is 0 Å². The van der Waals surface area contributed by atoms with E-state index in [1.807, 2.05) is 14.0 Å². The Morgan fingerprint density at radius 3 is 3.00 bits per heavy atom. The molecule has 0 aliphatic carbocycles. The van der Waals surface area contributed by atoms with Gasteiger partial charge in [0.1, 0.15) is 0 Å². The van der Waals surface area contributed by atoms with Crippen molar-refractivity contribution in [2.75, 3.05) is 20.8 Å². The fourth-order valence-electron chi connectivity index (χ4n) is 1.14. The zero-order valence-corrected chi connectivity index (χ0v) is 8.19. The second kappa shape index (κ2) is 4.88. The van der Waals surface area contributed by atoms with Crippen LogP contribution in [0.3, 0.4) is 0 Å². The monoisotopic (exact) mass is 185 g/mol. The molecule has 0 fully saturated rings. The number of nitrogens with one attached hydrogen (secondary N) is 1. The van der Waals surface area contributed by atoms with Crippen molar-refractivity contribution in [2.24, 2.45) is 0 Å². The first-order valence-electron chi connectivity index (χ1n) is 4.20. The Morgan fingerprint density at radius 1 is 1.62 bits per heavy atom. The van der Waals surface area contributed by atoms with Crippen LogP contribution in [0.25, 0.3) is 0 Å². The molecule has 1 N–H and O–H groups in total. The molecular weight excluding hydrogens is 170 g/mol. The van der Waals surface area contributed by atoms with Crippen molar-refractivity contribution in [3.63, 3.8) is 0 Å². The maximum Gasteiger partial charge on any atom is 0.165 e. The highest BCUT2D eigenvalue weighted by Gasteiger charge is 2.11. The minimum absolute atomic E-state index is 0.170. The van der Waals surface area contributed by atoms with Gasteiger partial charge in [-0.3, -0.25) is 0 Å². The lowest BCUT2D eigenvalue weighted by molar-refractivity contribution is 0.154. The molecule has 0 aliphatic heterocycles. The van der Waals surface area contributed by atoms with Gasteiger partial charge in [0.15, 0.2) is 5.82 Å². The van der Waals surface area contributed by atoms with Crippen molar-refractivity contribution >= 4 is 0 Å². The summed E-state index contributed by atoms with van der Waals surface area (Å²) in [6.07, 6.45) is 0. The topological polar surface area (TPSA) is 64.9 Å². The predicted molar refractivity (Wildman–Crippen MR) is 47.2 cm³/mol. The van der Waals surface area contributed by atoms with E-state index in [0.29, 0.717) is 13.2 Å². The molecule has 6 heteroatoms. The molecular formula is C7H15N5O. The van der Waals surface area contributed by atoms with Gasteiger partial charge in [0.2, 0.25) is 0 Å². The van der Waals surface area contributed by atoms with E-state index in [-0.39, 0.29) is 6.04 Å². The first-order chi connectivity index (χ1) is 6.29. The van der Waals surface area contributed by atoms with Crippen LogP contribution in [-0.4, -0.2) is 41.0 Å². The Hall–Kier alpha value is -1.01. The third-order valence-corrected chi connectivity index (χ3v) is 1.72. The molecule has 0 amide bonds. The number of aromatic nitrogens is 4. The molecule has 0 bridgehead atoms. The SMILES string of the molecule is CNCc1nnnn1C(C)COC. The predicted octanol–water partition coefficient (Wildman–Crippen LogP) is -0.400. The molecule has 6 nitrogen and oxygen atoms in total. The molecule has 0 radical (unpaired) electrons. The van der Waals surface area contributed by atoms with Gasteiger partial charge in [0, 0.05) is 7.11 Å². The molecule has 0 aromatic carbocycles. The maximum absolute atomic E-state index is 5.02. The van der Waals surface area contributed by atoms with Gasteiger partial charge >= 0.3 is 0 Å². The highest BCUT2D eigenvalue weighted by Crippen LogP contribution is 2.05. The van der Waals surface area contributed by atoms with Crippen LogP contribution in [0.5, 0.6) is 0 Å². The number of tetrazole rings is 1. The van der Waals surface area contributed by atoms with E-state index in [9.17, 15) is 0 Å². The van der Waals surface area contributed by atoms with E-state index in [2.05, 4.69) is 20.8 Å². The van der Waals surface area contributed by atoms with E-state index >= 15 is 0 Å². The van der Waals surface area contributed by atoms with E-state index in [1.54, 1.807) is 11.8 Å². The Bertz CT molecular complexity index is 249. The van der Waals surface area contributed by atoms with E-state index in [0.717, 1.165) is 5.82 Å². The molecule has 1 rings (SSSR count). The Morgan fingerprint density at radius 2 is 2.38 bits per heavy atom. The van der Waals surface area contributed by atoms with Crippen molar-refractivity contribution in [1.29, 1.82) is 0 Å². The average Bonchev–Trinajstić information content (AvgIpc) is 2.54. The van der Waals surface area contributed by atoms with Crippen LogP contribution in [0.15, 0.2) is 0 Å². The first kappa shape index (κ1) is 10.1. The zero-order chi connectivity index (χ0) is 9.68. The summed E-state index contributed by atoms with van der Waals surface area (Å²) < 4.78 is 6.79. The van der Waals surface area contributed by atoms with Crippen LogP contribution in [0.1, 0.15) is 18.8 Å². The van der Waals surface area contributed by atoms with Gasteiger partial charge in [-0.15, -0.1) is 5.10 Å². The Balaban J connectivity index is 2.68. The van der Waals surface area contributed by atoms with Crippen LogP contribution in [0.2, 0.25) is 0 Å². The van der Waals surface area contributed by atoms with Crippen molar-refractivity contribution < 1.29 is 4.74 Å². The van der Waals surface area contributed by atoms with Gasteiger partial charge < -0.3 is 10.1 Å². The summed E-state index contributed by atoms with van der Waals surface area (Å²) in [5.74, 6) is 0.826. The van der Waals surface area contributed by atoms with Gasteiger partial charge in [0.25, 0.3) is 0 Å². The smallest absolute Gasteiger partial charge is 0.165 e. The van der Waals surface area contributed by atoms with Crippen molar-refractivity contribution in [2.45, 2.75) is 19.5 Å². The molecule has 1 unspecified atom stereocenters. The first-order valence-corrected chi connectivity index (χ1v) is 4.20. The van der Waals surface area contributed by atoms with Crippen LogP contribution >= 0.6 is 0 Å². The fourth-order valence-corrected chi connectivity index (χ4v) is 1.14. The van der Waals surface area contributed by atoms with Crippen LogP contribution < -0.4 is 5.32 Å². The fraction of sp³-hybridized carbons (Fsp3) is 0.857. The summed E-state index contributed by atoms with van der Waals surface area (Å²) in [6.45, 7) is 3.29. The van der Waals surface area contributed by atoms with Gasteiger partial charge in [-0.1, -0.05) is 0 Å². The van der Waals surface area contributed by atoms with Crippen molar-refractivity contribution in [3.8, 4) is 0 Å².